The van der Waals surface area contributed by atoms with Crippen molar-refractivity contribution in [3.63, 3.8) is 0 Å². The molecular formula is C18H17FN4OS. The molecule has 0 spiro atoms. The summed E-state index contributed by atoms with van der Waals surface area (Å²) in [5.41, 5.74) is 0.819. The van der Waals surface area contributed by atoms with Crippen LogP contribution in [-0.4, -0.2) is 35.0 Å². The van der Waals surface area contributed by atoms with Gasteiger partial charge in [0, 0.05) is 42.3 Å². The first kappa shape index (κ1) is 16.0. The van der Waals surface area contributed by atoms with E-state index in [4.69, 9.17) is 0 Å². The van der Waals surface area contributed by atoms with Crippen LogP contribution in [0.3, 0.4) is 0 Å². The standard InChI is InChI=1S/C18H17FN4OS/c19-13-10-12-2-1-5-20-16(12)15(11-13)17(24)22-14-3-7-23(8-4-14)18-21-6-9-25-18/h1-2,5-6,9-11,14H,3-4,7-8H2,(H,22,24). The molecule has 1 N–H and O–H groups in total. The lowest BCUT2D eigenvalue weighted by Crippen LogP contribution is -2.44. The summed E-state index contributed by atoms with van der Waals surface area (Å²) < 4.78 is 13.8. The number of thiazole rings is 1. The van der Waals surface area contributed by atoms with Gasteiger partial charge in [-0.15, -0.1) is 11.3 Å². The zero-order valence-corrected chi connectivity index (χ0v) is 14.3. The van der Waals surface area contributed by atoms with Gasteiger partial charge in [0.05, 0.1) is 11.1 Å². The summed E-state index contributed by atoms with van der Waals surface area (Å²) in [5.74, 6) is -0.694. The van der Waals surface area contributed by atoms with Gasteiger partial charge < -0.3 is 10.2 Å². The van der Waals surface area contributed by atoms with Crippen molar-refractivity contribution in [3.8, 4) is 0 Å². The fraction of sp³-hybridized carbons (Fsp3) is 0.278. The molecule has 0 bridgehead atoms. The summed E-state index contributed by atoms with van der Waals surface area (Å²) in [5, 5.41) is 6.64. The van der Waals surface area contributed by atoms with E-state index in [2.05, 4.69) is 20.2 Å². The largest absolute Gasteiger partial charge is 0.349 e. The molecule has 1 aromatic carbocycles. The second-order valence-electron chi connectivity index (χ2n) is 6.08. The number of amides is 1. The second-order valence-corrected chi connectivity index (χ2v) is 6.95. The molecule has 5 nitrogen and oxygen atoms in total. The van der Waals surface area contributed by atoms with Crippen LogP contribution in [0.2, 0.25) is 0 Å². The van der Waals surface area contributed by atoms with Gasteiger partial charge in [0.15, 0.2) is 5.13 Å². The van der Waals surface area contributed by atoms with Gasteiger partial charge in [-0.05, 0) is 31.0 Å². The SMILES string of the molecule is O=C(NC1CCN(c2nccs2)CC1)c1cc(F)cc2cccnc12. The van der Waals surface area contributed by atoms with Gasteiger partial charge in [0.25, 0.3) is 5.91 Å². The summed E-state index contributed by atoms with van der Waals surface area (Å²) >= 11 is 1.62. The normalized spacial score (nSPS) is 15.5. The van der Waals surface area contributed by atoms with E-state index in [1.165, 1.54) is 12.1 Å². The Morgan fingerprint density at radius 2 is 2.08 bits per heavy atom. The quantitative estimate of drug-likeness (QED) is 0.783. The Balaban J connectivity index is 1.46. The topological polar surface area (TPSA) is 58.1 Å². The number of nitrogens with zero attached hydrogens (tertiary/aromatic N) is 3. The number of halogens is 1. The Bertz CT molecular complexity index is 891. The Hall–Kier alpha value is -2.54. The van der Waals surface area contributed by atoms with Crippen LogP contribution < -0.4 is 10.2 Å². The molecule has 4 rings (SSSR count). The van der Waals surface area contributed by atoms with Crippen molar-refractivity contribution in [2.75, 3.05) is 18.0 Å². The average molecular weight is 356 g/mol. The summed E-state index contributed by atoms with van der Waals surface area (Å²) in [6.45, 7) is 1.70. The van der Waals surface area contributed by atoms with Gasteiger partial charge in [-0.2, -0.15) is 0 Å². The predicted octanol–water partition coefficient (Wildman–Crippen LogP) is 3.23. The smallest absolute Gasteiger partial charge is 0.253 e. The third-order valence-corrected chi connectivity index (χ3v) is 5.27. The number of hydrogen-bond donors (Lipinski definition) is 1. The second kappa shape index (κ2) is 6.76. The highest BCUT2D eigenvalue weighted by atomic mass is 32.1. The Labute approximate surface area is 148 Å². The van der Waals surface area contributed by atoms with E-state index in [0.717, 1.165) is 31.1 Å². The minimum absolute atomic E-state index is 0.0748. The molecule has 2 aromatic heterocycles. The van der Waals surface area contributed by atoms with E-state index in [1.54, 1.807) is 35.9 Å². The molecule has 1 aliphatic heterocycles. The summed E-state index contributed by atoms with van der Waals surface area (Å²) in [6, 6.07) is 6.22. The number of piperidine rings is 1. The van der Waals surface area contributed by atoms with Gasteiger partial charge in [-0.3, -0.25) is 9.78 Å². The van der Waals surface area contributed by atoms with Gasteiger partial charge in [0.1, 0.15) is 5.82 Å². The number of carbonyl (C=O) groups excluding carboxylic acids is 1. The number of aromatic nitrogens is 2. The molecule has 1 saturated heterocycles. The van der Waals surface area contributed by atoms with Crippen molar-refractivity contribution < 1.29 is 9.18 Å². The highest BCUT2D eigenvalue weighted by Crippen LogP contribution is 2.23. The summed E-state index contributed by atoms with van der Waals surface area (Å²) in [7, 11) is 0. The van der Waals surface area contributed by atoms with E-state index >= 15 is 0 Å². The number of anilines is 1. The first-order chi connectivity index (χ1) is 12.2. The first-order valence-corrected chi connectivity index (χ1v) is 9.08. The average Bonchev–Trinajstić information content (AvgIpc) is 3.16. The van der Waals surface area contributed by atoms with Crippen LogP contribution in [0.1, 0.15) is 23.2 Å². The number of rotatable bonds is 3. The number of carbonyl (C=O) groups is 1. The molecule has 0 aliphatic carbocycles. The van der Waals surface area contributed by atoms with E-state index < -0.39 is 5.82 Å². The maximum atomic E-state index is 13.8. The van der Waals surface area contributed by atoms with E-state index in [-0.39, 0.29) is 17.5 Å². The molecular weight excluding hydrogens is 339 g/mol. The molecule has 3 aromatic rings. The fourth-order valence-electron chi connectivity index (χ4n) is 3.18. The maximum absolute atomic E-state index is 13.8. The number of nitrogens with one attached hydrogen (secondary N) is 1. The predicted molar refractivity (Wildman–Crippen MR) is 96.5 cm³/mol. The number of pyridine rings is 1. The third kappa shape index (κ3) is 3.32. The monoisotopic (exact) mass is 356 g/mol. The van der Waals surface area contributed by atoms with E-state index in [0.29, 0.717) is 10.9 Å². The minimum Gasteiger partial charge on any atom is -0.349 e. The van der Waals surface area contributed by atoms with E-state index in [1.807, 2.05) is 5.38 Å². The number of hydrogen-bond acceptors (Lipinski definition) is 5. The minimum atomic E-state index is -0.427. The Morgan fingerprint density at radius 1 is 1.24 bits per heavy atom. The highest BCUT2D eigenvalue weighted by molar-refractivity contribution is 7.13. The molecule has 0 radical (unpaired) electrons. The van der Waals surface area contributed by atoms with Gasteiger partial charge >= 0.3 is 0 Å². The van der Waals surface area contributed by atoms with Crippen molar-refractivity contribution in [1.29, 1.82) is 0 Å². The molecule has 1 amide bonds. The third-order valence-electron chi connectivity index (χ3n) is 4.43. The van der Waals surface area contributed by atoms with Crippen LogP contribution in [0.5, 0.6) is 0 Å². The van der Waals surface area contributed by atoms with Gasteiger partial charge in [-0.1, -0.05) is 6.07 Å². The Kier molecular flexibility index (Phi) is 4.31. The summed E-state index contributed by atoms with van der Waals surface area (Å²) in [4.78, 5) is 23.4. The zero-order chi connectivity index (χ0) is 17.2. The lowest BCUT2D eigenvalue weighted by Gasteiger charge is -2.32. The van der Waals surface area contributed by atoms with Gasteiger partial charge in [0.2, 0.25) is 0 Å². The van der Waals surface area contributed by atoms with Gasteiger partial charge in [-0.25, -0.2) is 9.37 Å². The van der Waals surface area contributed by atoms with Crippen molar-refractivity contribution >= 4 is 33.3 Å². The van der Waals surface area contributed by atoms with Crippen LogP contribution in [0.15, 0.2) is 42.0 Å². The van der Waals surface area contributed by atoms with Crippen LogP contribution in [0, 0.1) is 5.82 Å². The maximum Gasteiger partial charge on any atom is 0.253 e. The molecule has 0 saturated carbocycles. The molecule has 1 aliphatic rings. The number of fused-ring (bicyclic) bond motifs is 1. The van der Waals surface area contributed by atoms with Crippen molar-refractivity contribution in [2.45, 2.75) is 18.9 Å². The molecule has 25 heavy (non-hydrogen) atoms. The lowest BCUT2D eigenvalue weighted by molar-refractivity contribution is 0.0932. The molecule has 128 valence electrons. The zero-order valence-electron chi connectivity index (χ0n) is 13.5. The molecule has 0 unspecified atom stereocenters. The van der Waals surface area contributed by atoms with Crippen molar-refractivity contribution in [3.05, 3.63) is 53.4 Å². The Morgan fingerprint density at radius 3 is 2.84 bits per heavy atom. The fourth-order valence-corrected chi connectivity index (χ4v) is 3.88. The van der Waals surface area contributed by atoms with Crippen molar-refractivity contribution in [1.82, 2.24) is 15.3 Å². The van der Waals surface area contributed by atoms with Crippen LogP contribution >= 0.6 is 11.3 Å². The van der Waals surface area contributed by atoms with Crippen LogP contribution in [-0.2, 0) is 0 Å². The van der Waals surface area contributed by atoms with Crippen LogP contribution in [0.25, 0.3) is 10.9 Å². The van der Waals surface area contributed by atoms with Crippen LogP contribution in [0.4, 0.5) is 9.52 Å². The molecule has 7 heteroatoms. The van der Waals surface area contributed by atoms with Crippen molar-refractivity contribution in [2.24, 2.45) is 0 Å². The summed E-state index contributed by atoms with van der Waals surface area (Å²) in [6.07, 6.45) is 5.09. The number of benzene rings is 1. The molecule has 1 fully saturated rings. The highest BCUT2D eigenvalue weighted by Gasteiger charge is 2.23. The lowest BCUT2D eigenvalue weighted by atomic mass is 10.0. The molecule has 3 heterocycles. The first-order valence-electron chi connectivity index (χ1n) is 8.20. The molecule has 0 atom stereocenters. The van der Waals surface area contributed by atoms with E-state index in [9.17, 15) is 9.18 Å².